The second-order valence-electron chi connectivity index (χ2n) is 5.56. The fourth-order valence-electron chi connectivity index (χ4n) is 3.21. The molecule has 7 heteroatoms. The minimum Gasteiger partial charge on any atom is -0.398 e. The number of pyridine rings is 1. The lowest BCUT2D eigenvalue weighted by atomic mass is 10.1. The van der Waals surface area contributed by atoms with E-state index in [1.165, 1.54) is 19.4 Å². The van der Waals surface area contributed by atoms with Crippen molar-refractivity contribution in [2.75, 3.05) is 25.4 Å². The number of aromatic nitrogens is 1. The van der Waals surface area contributed by atoms with E-state index in [2.05, 4.69) is 16.8 Å². The van der Waals surface area contributed by atoms with Crippen molar-refractivity contribution in [2.45, 2.75) is 31.8 Å². The van der Waals surface area contributed by atoms with E-state index in [0.717, 1.165) is 13.1 Å². The lowest BCUT2D eigenvalue weighted by Crippen LogP contribution is -2.56. The van der Waals surface area contributed by atoms with Crippen LogP contribution in [0.5, 0.6) is 0 Å². The number of halogens is 2. The molecule has 1 aromatic heterocycles. The van der Waals surface area contributed by atoms with Crippen LogP contribution >= 0.6 is 24.8 Å². The van der Waals surface area contributed by atoms with Crippen LogP contribution in [0.1, 0.15) is 30.1 Å². The van der Waals surface area contributed by atoms with Gasteiger partial charge in [-0.15, -0.1) is 24.8 Å². The standard InChI is InChI=1S/C14H20N4O.2ClH/c1-10-8-17-6-2-3-11(17)9-18(10)14(19)12-7-16-5-4-13(12)15;;/h4-5,7,10-11H,2-3,6,8-9H2,1H3,(H2,15,16);2*1H. The van der Waals surface area contributed by atoms with Crippen LogP contribution in [-0.2, 0) is 0 Å². The van der Waals surface area contributed by atoms with E-state index in [0.29, 0.717) is 17.3 Å². The molecule has 2 saturated heterocycles. The van der Waals surface area contributed by atoms with E-state index in [-0.39, 0.29) is 36.8 Å². The average Bonchev–Trinajstić information content (AvgIpc) is 2.84. The molecule has 1 amide bonds. The van der Waals surface area contributed by atoms with Crippen molar-refractivity contribution in [2.24, 2.45) is 0 Å². The molecule has 0 radical (unpaired) electrons. The van der Waals surface area contributed by atoms with Gasteiger partial charge in [0.2, 0.25) is 0 Å². The van der Waals surface area contributed by atoms with E-state index in [1.807, 2.05) is 4.90 Å². The minimum atomic E-state index is 0. The number of nitrogen functional groups attached to an aromatic ring is 1. The number of hydrogen-bond donors (Lipinski definition) is 1. The molecule has 0 aromatic carbocycles. The zero-order valence-electron chi connectivity index (χ0n) is 12.1. The molecular formula is C14H22Cl2N4O. The summed E-state index contributed by atoms with van der Waals surface area (Å²) in [4.78, 5) is 21.1. The highest BCUT2D eigenvalue weighted by atomic mass is 35.5. The molecule has 5 nitrogen and oxygen atoms in total. The van der Waals surface area contributed by atoms with Crippen LogP contribution < -0.4 is 5.73 Å². The van der Waals surface area contributed by atoms with Crippen molar-refractivity contribution in [1.29, 1.82) is 0 Å². The Bertz CT molecular complexity index is 500. The molecule has 2 N–H and O–H groups in total. The Morgan fingerprint density at radius 1 is 1.38 bits per heavy atom. The van der Waals surface area contributed by atoms with Gasteiger partial charge in [0.25, 0.3) is 5.91 Å². The first kappa shape index (κ1) is 18.0. The largest absolute Gasteiger partial charge is 0.398 e. The number of fused-ring (bicyclic) bond motifs is 1. The summed E-state index contributed by atoms with van der Waals surface area (Å²) >= 11 is 0. The summed E-state index contributed by atoms with van der Waals surface area (Å²) in [6.07, 6.45) is 5.63. The molecule has 1 aromatic rings. The van der Waals surface area contributed by atoms with Gasteiger partial charge < -0.3 is 10.6 Å². The summed E-state index contributed by atoms with van der Waals surface area (Å²) in [6.45, 7) is 5.07. The fourth-order valence-corrected chi connectivity index (χ4v) is 3.21. The molecule has 2 atom stereocenters. The molecular weight excluding hydrogens is 311 g/mol. The maximum Gasteiger partial charge on any atom is 0.257 e. The Kier molecular flexibility index (Phi) is 6.25. The first-order chi connectivity index (χ1) is 9.16. The van der Waals surface area contributed by atoms with Crippen molar-refractivity contribution in [3.63, 3.8) is 0 Å². The maximum atomic E-state index is 12.6. The zero-order valence-corrected chi connectivity index (χ0v) is 13.7. The number of amides is 1. The van der Waals surface area contributed by atoms with Gasteiger partial charge >= 0.3 is 0 Å². The van der Waals surface area contributed by atoms with Crippen molar-refractivity contribution in [3.05, 3.63) is 24.0 Å². The number of hydrogen-bond acceptors (Lipinski definition) is 4. The maximum absolute atomic E-state index is 12.6. The molecule has 2 unspecified atom stereocenters. The monoisotopic (exact) mass is 332 g/mol. The summed E-state index contributed by atoms with van der Waals surface area (Å²) in [5.41, 5.74) is 6.93. The Morgan fingerprint density at radius 3 is 2.86 bits per heavy atom. The van der Waals surface area contributed by atoms with E-state index in [9.17, 15) is 4.79 Å². The van der Waals surface area contributed by atoms with Gasteiger partial charge in [0.15, 0.2) is 0 Å². The smallest absolute Gasteiger partial charge is 0.257 e. The van der Waals surface area contributed by atoms with Gasteiger partial charge in [-0.2, -0.15) is 0 Å². The molecule has 0 aliphatic carbocycles. The summed E-state index contributed by atoms with van der Waals surface area (Å²) in [5.74, 6) is 0.0182. The van der Waals surface area contributed by atoms with Gasteiger partial charge in [-0.05, 0) is 32.4 Å². The van der Waals surface area contributed by atoms with Crippen LogP contribution in [0.4, 0.5) is 5.69 Å². The van der Waals surface area contributed by atoms with Crippen LogP contribution in [0.2, 0.25) is 0 Å². The molecule has 118 valence electrons. The highest BCUT2D eigenvalue weighted by Crippen LogP contribution is 2.26. The number of carbonyl (C=O) groups excluding carboxylic acids is 1. The molecule has 2 aliphatic heterocycles. The van der Waals surface area contributed by atoms with Gasteiger partial charge in [0.05, 0.1) is 5.56 Å². The first-order valence-corrected chi connectivity index (χ1v) is 6.91. The minimum absolute atomic E-state index is 0. The lowest BCUT2D eigenvalue weighted by molar-refractivity contribution is 0.0396. The Balaban J connectivity index is 0.00000110. The van der Waals surface area contributed by atoms with Crippen molar-refractivity contribution < 1.29 is 4.79 Å². The topological polar surface area (TPSA) is 62.5 Å². The second kappa shape index (κ2) is 7.29. The molecule has 3 heterocycles. The average molecular weight is 333 g/mol. The number of anilines is 1. The highest BCUT2D eigenvalue weighted by Gasteiger charge is 2.37. The van der Waals surface area contributed by atoms with Gasteiger partial charge in [0.1, 0.15) is 0 Å². The van der Waals surface area contributed by atoms with Gasteiger partial charge in [0, 0.05) is 43.3 Å². The van der Waals surface area contributed by atoms with Gasteiger partial charge in [-0.1, -0.05) is 0 Å². The van der Waals surface area contributed by atoms with E-state index >= 15 is 0 Å². The van der Waals surface area contributed by atoms with Gasteiger partial charge in [-0.3, -0.25) is 14.7 Å². The number of carbonyl (C=O) groups is 1. The Labute approximate surface area is 137 Å². The third-order valence-electron chi connectivity index (χ3n) is 4.28. The summed E-state index contributed by atoms with van der Waals surface area (Å²) in [5, 5.41) is 0. The van der Waals surface area contributed by atoms with Crippen molar-refractivity contribution in [1.82, 2.24) is 14.8 Å². The van der Waals surface area contributed by atoms with E-state index in [4.69, 9.17) is 5.73 Å². The summed E-state index contributed by atoms with van der Waals surface area (Å²) in [6, 6.07) is 2.45. The Hall–Kier alpha value is -1.04. The number of nitrogens with zero attached hydrogens (tertiary/aromatic N) is 3. The van der Waals surface area contributed by atoms with Crippen LogP contribution in [0, 0.1) is 0 Å². The molecule has 2 fully saturated rings. The highest BCUT2D eigenvalue weighted by molar-refractivity contribution is 5.99. The quantitative estimate of drug-likeness (QED) is 0.852. The normalized spacial score (nSPS) is 24.7. The number of piperazine rings is 1. The van der Waals surface area contributed by atoms with E-state index < -0.39 is 0 Å². The predicted molar refractivity (Wildman–Crippen MR) is 88.2 cm³/mol. The summed E-state index contributed by atoms with van der Waals surface area (Å²) in [7, 11) is 0. The van der Waals surface area contributed by atoms with Crippen LogP contribution in [0.3, 0.4) is 0 Å². The van der Waals surface area contributed by atoms with Crippen LogP contribution in [-0.4, -0.2) is 52.4 Å². The molecule has 0 bridgehead atoms. The lowest BCUT2D eigenvalue weighted by Gasteiger charge is -2.42. The predicted octanol–water partition coefficient (Wildman–Crippen LogP) is 1.82. The Morgan fingerprint density at radius 2 is 2.14 bits per heavy atom. The van der Waals surface area contributed by atoms with E-state index in [1.54, 1.807) is 18.5 Å². The first-order valence-electron chi connectivity index (χ1n) is 6.91. The third-order valence-corrected chi connectivity index (χ3v) is 4.28. The molecule has 3 rings (SSSR count). The number of nitrogens with two attached hydrogens (primary N) is 1. The van der Waals surface area contributed by atoms with Gasteiger partial charge in [-0.25, -0.2) is 0 Å². The molecule has 0 spiro atoms. The number of rotatable bonds is 1. The molecule has 0 saturated carbocycles. The van der Waals surface area contributed by atoms with Crippen LogP contribution in [0.15, 0.2) is 18.5 Å². The molecule has 2 aliphatic rings. The second-order valence-corrected chi connectivity index (χ2v) is 5.56. The third kappa shape index (κ3) is 3.42. The molecule has 21 heavy (non-hydrogen) atoms. The van der Waals surface area contributed by atoms with Crippen molar-refractivity contribution >= 4 is 36.4 Å². The summed E-state index contributed by atoms with van der Waals surface area (Å²) < 4.78 is 0. The van der Waals surface area contributed by atoms with Crippen LogP contribution in [0.25, 0.3) is 0 Å². The van der Waals surface area contributed by atoms with Crippen molar-refractivity contribution in [3.8, 4) is 0 Å². The zero-order chi connectivity index (χ0) is 13.4. The SMILES string of the molecule is CC1CN2CCCC2CN1C(=O)c1cnccc1N.Cl.Cl. The fraction of sp³-hybridized carbons (Fsp3) is 0.571.